The van der Waals surface area contributed by atoms with E-state index in [2.05, 4.69) is 9.71 Å². The molecule has 0 aliphatic carbocycles. The predicted octanol–water partition coefficient (Wildman–Crippen LogP) is 2.91. The van der Waals surface area contributed by atoms with E-state index >= 15 is 0 Å². The van der Waals surface area contributed by atoms with Gasteiger partial charge < -0.3 is 4.74 Å². The number of rotatable bonds is 4. The molecule has 1 N–H and O–H groups in total. The fourth-order valence-electron chi connectivity index (χ4n) is 1.60. The summed E-state index contributed by atoms with van der Waals surface area (Å²) in [5, 5.41) is 2.30. The van der Waals surface area contributed by atoms with E-state index in [4.69, 9.17) is 16.3 Å². The van der Waals surface area contributed by atoms with Crippen LogP contribution in [0, 0.1) is 6.92 Å². The van der Waals surface area contributed by atoms with Crippen LogP contribution in [0.1, 0.15) is 5.56 Å². The van der Waals surface area contributed by atoms with E-state index in [9.17, 15) is 8.42 Å². The van der Waals surface area contributed by atoms with E-state index in [1.165, 1.54) is 30.7 Å². The maximum absolute atomic E-state index is 12.3. The fraction of sp³-hybridized carbons (Fsp3) is 0.182. The smallest absolute Gasteiger partial charge is 0.267 e. The molecule has 0 radical (unpaired) electrons. The van der Waals surface area contributed by atoms with Crippen LogP contribution in [0.4, 0.5) is 5.13 Å². The van der Waals surface area contributed by atoms with Crippen LogP contribution in [-0.2, 0) is 10.0 Å². The van der Waals surface area contributed by atoms with Gasteiger partial charge in [0.1, 0.15) is 10.6 Å². The van der Waals surface area contributed by atoms with Crippen molar-refractivity contribution in [1.29, 1.82) is 0 Å². The summed E-state index contributed by atoms with van der Waals surface area (Å²) in [5.74, 6) is 0.272. The van der Waals surface area contributed by atoms with Gasteiger partial charge in [-0.1, -0.05) is 11.6 Å². The number of benzene rings is 1. The molecule has 0 bridgehead atoms. The number of hydrogen-bond donors (Lipinski definition) is 1. The van der Waals surface area contributed by atoms with Crippen molar-refractivity contribution in [2.45, 2.75) is 11.8 Å². The summed E-state index contributed by atoms with van der Waals surface area (Å²) in [6, 6.07) is 2.99. The number of nitrogens with one attached hydrogen (secondary N) is 1. The second-order valence-corrected chi connectivity index (χ2v) is 6.68. The lowest BCUT2D eigenvalue weighted by atomic mass is 10.2. The van der Waals surface area contributed by atoms with Gasteiger partial charge in [-0.05, 0) is 24.6 Å². The summed E-state index contributed by atoms with van der Waals surface area (Å²) in [5.41, 5.74) is 0.648. The van der Waals surface area contributed by atoms with Crippen molar-refractivity contribution in [1.82, 2.24) is 4.98 Å². The number of hydrogen-bond acceptors (Lipinski definition) is 5. The van der Waals surface area contributed by atoms with Crippen LogP contribution < -0.4 is 9.46 Å². The minimum atomic E-state index is -3.78. The van der Waals surface area contributed by atoms with Crippen LogP contribution in [0.5, 0.6) is 5.75 Å². The molecule has 0 fully saturated rings. The average molecular weight is 319 g/mol. The van der Waals surface area contributed by atoms with Gasteiger partial charge in [-0.25, -0.2) is 13.4 Å². The lowest BCUT2D eigenvalue weighted by Gasteiger charge is -2.12. The van der Waals surface area contributed by atoms with Gasteiger partial charge in [-0.3, -0.25) is 4.72 Å². The van der Waals surface area contributed by atoms with Gasteiger partial charge in [0.2, 0.25) is 0 Å². The van der Waals surface area contributed by atoms with E-state index in [0.29, 0.717) is 15.7 Å². The summed E-state index contributed by atoms with van der Waals surface area (Å²) < 4.78 is 32.1. The van der Waals surface area contributed by atoms with Crippen LogP contribution in [0.2, 0.25) is 5.02 Å². The second-order valence-electron chi connectivity index (χ2n) is 3.70. The summed E-state index contributed by atoms with van der Waals surface area (Å²) in [6.07, 6.45) is 1.52. The third kappa shape index (κ3) is 2.99. The monoisotopic (exact) mass is 318 g/mol. The van der Waals surface area contributed by atoms with Crippen molar-refractivity contribution < 1.29 is 13.2 Å². The quantitative estimate of drug-likeness (QED) is 0.941. The standard InChI is InChI=1S/C11H11ClN2O3S2/c1-7-5-8(12)6-9(10(7)17-2)19(15,16)14-11-13-3-4-18-11/h3-6H,1-2H3,(H,13,14). The number of ether oxygens (including phenoxy) is 1. The van der Waals surface area contributed by atoms with Gasteiger partial charge >= 0.3 is 0 Å². The van der Waals surface area contributed by atoms with E-state index < -0.39 is 10.0 Å². The number of halogens is 1. The number of methoxy groups -OCH3 is 1. The fourth-order valence-corrected chi connectivity index (χ4v) is 4.00. The Kier molecular flexibility index (Phi) is 3.98. The first kappa shape index (κ1) is 14.1. The van der Waals surface area contributed by atoms with Crippen LogP contribution in [0.3, 0.4) is 0 Å². The Morgan fingerprint density at radius 1 is 1.42 bits per heavy atom. The third-order valence-corrected chi connectivity index (χ3v) is 4.73. The van der Waals surface area contributed by atoms with Gasteiger partial charge in [0, 0.05) is 16.6 Å². The van der Waals surface area contributed by atoms with Crippen molar-refractivity contribution in [3.8, 4) is 5.75 Å². The minimum Gasteiger partial charge on any atom is -0.495 e. The zero-order valence-corrected chi connectivity index (χ0v) is 12.6. The Bertz CT molecular complexity index is 684. The van der Waals surface area contributed by atoms with Crippen LogP contribution in [-0.4, -0.2) is 20.5 Å². The Hall–Kier alpha value is -1.31. The summed E-state index contributed by atoms with van der Waals surface area (Å²) in [7, 11) is -2.37. The molecule has 0 aliphatic heterocycles. The molecular weight excluding hydrogens is 308 g/mol. The molecule has 8 heteroatoms. The first-order chi connectivity index (χ1) is 8.94. The largest absolute Gasteiger partial charge is 0.495 e. The molecular formula is C11H11ClN2O3S2. The lowest BCUT2D eigenvalue weighted by Crippen LogP contribution is -2.14. The van der Waals surface area contributed by atoms with Gasteiger partial charge in [-0.15, -0.1) is 11.3 Å². The highest BCUT2D eigenvalue weighted by Gasteiger charge is 2.22. The maximum Gasteiger partial charge on any atom is 0.267 e. The van der Waals surface area contributed by atoms with Gasteiger partial charge in [0.05, 0.1) is 7.11 Å². The van der Waals surface area contributed by atoms with Crippen LogP contribution >= 0.6 is 22.9 Å². The van der Waals surface area contributed by atoms with Crippen LogP contribution in [0.25, 0.3) is 0 Å². The number of thiazole rings is 1. The van der Waals surface area contributed by atoms with E-state index in [-0.39, 0.29) is 10.6 Å². The van der Waals surface area contributed by atoms with Gasteiger partial charge in [0.25, 0.3) is 10.0 Å². The van der Waals surface area contributed by atoms with Gasteiger partial charge in [-0.2, -0.15) is 0 Å². The third-order valence-electron chi connectivity index (χ3n) is 2.35. The highest BCUT2D eigenvalue weighted by molar-refractivity contribution is 7.93. The molecule has 1 heterocycles. The SMILES string of the molecule is COc1c(C)cc(Cl)cc1S(=O)(=O)Nc1nccs1. The first-order valence-corrected chi connectivity index (χ1v) is 7.94. The van der Waals surface area contributed by atoms with Crippen LogP contribution in [0.15, 0.2) is 28.6 Å². The Morgan fingerprint density at radius 2 is 2.16 bits per heavy atom. The van der Waals surface area contributed by atoms with Crippen molar-refractivity contribution >= 4 is 38.1 Å². The van der Waals surface area contributed by atoms with Crippen molar-refractivity contribution in [3.63, 3.8) is 0 Å². The zero-order chi connectivity index (χ0) is 14.0. The molecule has 0 saturated carbocycles. The van der Waals surface area contributed by atoms with Crippen molar-refractivity contribution in [2.24, 2.45) is 0 Å². The minimum absolute atomic E-state index is 0.00444. The topological polar surface area (TPSA) is 68.3 Å². The summed E-state index contributed by atoms with van der Waals surface area (Å²) in [4.78, 5) is 3.88. The van der Waals surface area contributed by atoms with Gasteiger partial charge in [0.15, 0.2) is 5.13 Å². The Labute approximate surface area is 120 Å². The molecule has 2 aromatic rings. The molecule has 19 heavy (non-hydrogen) atoms. The highest BCUT2D eigenvalue weighted by Crippen LogP contribution is 2.32. The molecule has 0 unspecified atom stereocenters. The normalized spacial score (nSPS) is 11.3. The molecule has 5 nitrogen and oxygen atoms in total. The molecule has 1 aromatic carbocycles. The highest BCUT2D eigenvalue weighted by atomic mass is 35.5. The molecule has 2 rings (SSSR count). The second kappa shape index (κ2) is 5.36. The first-order valence-electron chi connectivity index (χ1n) is 5.20. The van der Waals surface area contributed by atoms with Crippen molar-refractivity contribution in [2.75, 3.05) is 11.8 Å². The molecule has 1 aromatic heterocycles. The number of aromatic nitrogens is 1. The molecule has 0 spiro atoms. The lowest BCUT2D eigenvalue weighted by molar-refractivity contribution is 0.399. The van der Waals surface area contributed by atoms with Crippen molar-refractivity contribution in [3.05, 3.63) is 34.3 Å². The Balaban J connectivity index is 2.51. The molecule has 102 valence electrons. The summed E-state index contributed by atoms with van der Waals surface area (Å²) >= 11 is 7.10. The molecule has 0 saturated heterocycles. The molecule has 0 amide bonds. The van der Waals surface area contributed by atoms with E-state index in [0.717, 1.165) is 0 Å². The molecule has 0 aliphatic rings. The predicted molar refractivity (Wildman–Crippen MR) is 75.7 cm³/mol. The number of nitrogens with zero attached hydrogens (tertiary/aromatic N) is 1. The van der Waals surface area contributed by atoms with E-state index in [1.807, 2.05) is 0 Å². The molecule has 0 atom stereocenters. The summed E-state index contributed by atoms with van der Waals surface area (Å²) in [6.45, 7) is 1.73. The number of sulfonamides is 1. The maximum atomic E-state index is 12.3. The Morgan fingerprint density at radius 3 is 2.74 bits per heavy atom. The van der Waals surface area contributed by atoms with E-state index in [1.54, 1.807) is 18.4 Å². The number of aryl methyl sites for hydroxylation is 1. The zero-order valence-electron chi connectivity index (χ0n) is 10.2. The average Bonchev–Trinajstić information content (AvgIpc) is 2.80. The number of anilines is 1.